The van der Waals surface area contributed by atoms with Gasteiger partial charge in [-0.1, -0.05) is 36.9 Å². The molecule has 27 heavy (non-hydrogen) atoms. The van der Waals surface area contributed by atoms with Gasteiger partial charge in [0.25, 0.3) is 0 Å². The predicted octanol–water partition coefficient (Wildman–Crippen LogP) is 5.71. The number of para-hydroxylation sites is 2. The summed E-state index contributed by atoms with van der Waals surface area (Å²) in [5.74, 6) is 1.62. The van der Waals surface area contributed by atoms with Gasteiger partial charge in [-0.05, 0) is 68.3 Å². The van der Waals surface area contributed by atoms with Gasteiger partial charge in [-0.15, -0.1) is 11.8 Å². The van der Waals surface area contributed by atoms with E-state index in [2.05, 4.69) is 26.1 Å². The first-order valence-electron chi connectivity index (χ1n) is 8.93. The molecule has 0 aromatic heterocycles. The third kappa shape index (κ3) is 5.83. The van der Waals surface area contributed by atoms with Crippen LogP contribution < -0.4 is 15.2 Å². The van der Waals surface area contributed by atoms with E-state index in [0.29, 0.717) is 6.61 Å². The van der Waals surface area contributed by atoms with Crippen LogP contribution in [0.4, 0.5) is 5.69 Å². The summed E-state index contributed by atoms with van der Waals surface area (Å²) in [7, 11) is 0. The maximum Gasteiger partial charge on any atom is 0.163 e. The van der Waals surface area contributed by atoms with Gasteiger partial charge < -0.3 is 15.2 Å². The molecule has 2 N–H and O–H groups in total. The molecule has 3 rings (SSSR count). The number of thioether (sulfide) groups is 1. The number of benzene rings is 2. The van der Waals surface area contributed by atoms with Gasteiger partial charge in [0.15, 0.2) is 17.6 Å². The zero-order valence-corrected chi connectivity index (χ0v) is 17.5. The largest absolute Gasteiger partial charge is 0.485 e. The number of nitrogens with two attached hydrogens (primary N) is 1. The van der Waals surface area contributed by atoms with E-state index >= 15 is 0 Å². The van der Waals surface area contributed by atoms with E-state index < -0.39 is 0 Å². The van der Waals surface area contributed by atoms with Crippen LogP contribution in [0.2, 0.25) is 0 Å². The standard InChI is InChI=1S/C12H17N.C11H12O2S/c1-8(2)5-11-6-10(4)12(13)7-9(11)3;1-8(14-2)11-7-12-9-5-3-4-6-10(9)13-11/h6-7H,1,5,13H2,2-4H3;3-6,11H,1,7H2,2H3. The van der Waals surface area contributed by atoms with Crippen LogP contribution >= 0.6 is 11.8 Å². The number of fused-ring (bicyclic) bond motifs is 1. The Kier molecular flexibility index (Phi) is 7.43. The molecule has 0 saturated carbocycles. The van der Waals surface area contributed by atoms with Crippen LogP contribution in [0, 0.1) is 13.8 Å². The number of rotatable bonds is 4. The topological polar surface area (TPSA) is 44.5 Å². The van der Waals surface area contributed by atoms with Gasteiger partial charge in [0.2, 0.25) is 0 Å². The molecule has 144 valence electrons. The van der Waals surface area contributed by atoms with Crippen LogP contribution in [0.5, 0.6) is 11.5 Å². The van der Waals surface area contributed by atoms with Crippen LogP contribution in [-0.2, 0) is 6.42 Å². The molecule has 0 saturated heterocycles. The van der Waals surface area contributed by atoms with Crippen LogP contribution in [-0.4, -0.2) is 19.0 Å². The van der Waals surface area contributed by atoms with Crippen molar-refractivity contribution in [3.8, 4) is 11.5 Å². The first kappa shape index (κ1) is 21.0. The van der Waals surface area contributed by atoms with Crippen LogP contribution in [0.3, 0.4) is 0 Å². The zero-order valence-electron chi connectivity index (χ0n) is 16.7. The number of nitrogen functional groups attached to an aromatic ring is 1. The van der Waals surface area contributed by atoms with E-state index in [9.17, 15) is 0 Å². The lowest BCUT2D eigenvalue weighted by Crippen LogP contribution is -2.29. The highest BCUT2D eigenvalue weighted by molar-refractivity contribution is 8.02. The zero-order chi connectivity index (χ0) is 20.0. The van der Waals surface area contributed by atoms with E-state index in [1.807, 2.05) is 50.4 Å². The normalized spacial score (nSPS) is 14.7. The summed E-state index contributed by atoms with van der Waals surface area (Å²) in [6.07, 6.45) is 2.92. The number of allylic oxidation sites excluding steroid dienone is 1. The third-order valence-corrected chi connectivity index (χ3v) is 5.13. The number of anilines is 1. The molecule has 0 bridgehead atoms. The molecule has 2 aromatic rings. The summed E-state index contributed by atoms with van der Waals surface area (Å²) in [6.45, 7) is 14.6. The second kappa shape index (κ2) is 9.56. The minimum atomic E-state index is -0.0279. The van der Waals surface area contributed by atoms with E-state index in [-0.39, 0.29) is 6.10 Å². The maximum absolute atomic E-state index is 5.80. The Bertz CT molecular complexity index is 829. The van der Waals surface area contributed by atoms with E-state index in [1.165, 1.54) is 16.7 Å². The number of aryl methyl sites for hydroxylation is 2. The Balaban J connectivity index is 0.000000194. The van der Waals surface area contributed by atoms with Crippen molar-refractivity contribution in [1.29, 1.82) is 0 Å². The second-order valence-corrected chi connectivity index (χ2v) is 7.74. The summed E-state index contributed by atoms with van der Waals surface area (Å²) >= 11 is 1.61. The fourth-order valence-electron chi connectivity index (χ4n) is 2.72. The number of ether oxygens (including phenoxy) is 2. The molecular formula is C23H29NO2S. The molecule has 0 amide bonds. The summed E-state index contributed by atoms with van der Waals surface area (Å²) < 4.78 is 11.3. The average molecular weight is 384 g/mol. The second-order valence-electron chi connectivity index (χ2n) is 6.80. The van der Waals surface area contributed by atoms with Crippen molar-refractivity contribution in [1.82, 2.24) is 0 Å². The predicted molar refractivity (Wildman–Crippen MR) is 118 cm³/mol. The molecule has 0 fully saturated rings. The van der Waals surface area contributed by atoms with Gasteiger partial charge in [0.05, 0.1) is 0 Å². The molecule has 2 aromatic carbocycles. The van der Waals surface area contributed by atoms with Crippen LogP contribution in [0.15, 0.2) is 60.0 Å². The highest BCUT2D eigenvalue weighted by atomic mass is 32.2. The molecule has 0 aliphatic carbocycles. The molecule has 1 aliphatic heterocycles. The summed E-state index contributed by atoms with van der Waals surface area (Å²) in [5, 5.41) is 0. The first-order chi connectivity index (χ1) is 12.8. The number of hydrogen-bond acceptors (Lipinski definition) is 4. The Labute approximate surface area is 167 Å². The maximum atomic E-state index is 5.80. The Morgan fingerprint density at radius 3 is 2.44 bits per heavy atom. The van der Waals surface area contributed by atoms with E-state index in [0.717, 1.165) is 34.1 Å². The highest BCUT2D eigenvalue weighted by Gasteiger charge is 2.22. The highest BCUT2D eigenvalue weighted by Crippen LogP contribution is 2.33. The quantitative estimate of drug-likeness (QED) is 0.543. The number of hydrogen-bond donors (Lipinski definition) is 1. The van der Waals surface area contributed by atoms with Gasteiger partial charge in [-0.3, -0.25) is 0 Å². The third-order valence-electron chi connectivity index (χ3n) is 4.35. The van der Waals surface area contributed by atoms with Crippen LogP contribution in [0.25, 0.3) is 0 Å². The molecule has 3 nitrogen and oxygen atoms in total. The lowest BCUT2D eigenvalue weighted by molar-refractivity contribution is 0.121. The Morgan fingerprint density at radius 1 is 1.15 bits per heavy atom. The van der Waals surface area contributed by atoms with Gasteiger partial charge in [0, 0.05) is 10.6 Å². The van der Waals surface area contributed by atoms with Crippen molar-refractivity contribution in [3.63, 3.8) is 0 Å². The first-order valence-corrected chi connectivity index (χ1v) is 10.2. The molecule has 1 aliphatic rings. The monoisotopic (exact) mass is 383 g/mol. The Morgan fingerprint density at radius 2 is 1.81 bits per heavy atom. The minimum Gasteiger partial charge on any atom is -0.485 e. The van der Waals surface area contributed by atoms with Crippen molar-refractivity contribution in [3.05, 3.63) is 76.7 Å². The van der Waals surface area contributed by atoms with Crippen molar-refractivity contribution < 1.29 is 9.47 Å². The molecule has 4 heteroatoms. The lowest BCUT2D eigenvalue weighted by Gasteiger charge is -2.26. The fourth-order valence-corrected chi connectivity index (χ4v) is 3.10. The van der Waals surface area contributed by atoms with Crippen molar-refractivity contribution in [2.75, 3.05) is 18.6 Å². The molecule has 1 heterocycles. The van der Waals surface area contributed by atoms with E-state index in [4.69, 9.17) is 15.2 Å². The van der Waals surface area contributed by atoms with Crippen LogP contribution in [0.1, 0.15) is 23.6 Å². The van der Waals surface area contributed by atoms with E-state index in [1.54, 1.807) is 11.8 Å². The molecule has 0 radical (unpaired) electrons. The minimum absolute atomic E-state index is 0.0279. The molecule has 0 spiro atoms. The van der Waals surface area contributed by atoms with Crippen molar-refractivity contribution in [2.24, 2.45) is 0 Å². The lowest BCUT2D eigenvalue weighted by atomic mass is 9.99. The van der Waals surface area contributed by atoms with Crippen molar-refractivity contribution in [2.45, 2.75) is 33.3 Å². The SMILES string of the molecule is C=C(C)Cc1cc(C)c(N)cc1C.C=C(SC)C1COc2ccccc2O1. The molecule has 1 unspecified atom stereocenters. The Hall–Kier alpha value is -2.33. The fraction of sp³-hybridized carbons (Fsp3) is 0.304. The smallest absolute Gasteiger partial charge is 0.163 e. The molecular weight excluding hydrogens is 354 g/mol. The average Bonchev–Trinajstić information content (AvgIpc) is 2.65. The van der Waals surface area contributed by atoms with Gasteiger partial charge in [-0.2, -0.15) is 0 Å². The molecule has 1 atom stereocenters. The van der Waals surface area contributed by atoms with Gasteiger partial charge >= 0.3 is 0 Å². The summed E-state index contributed by atoms with van der Waals surface area (Å²) in [4.78, 5) is 1.000. The summed E-state index contributed by atoms with van der Waals surface area (Å²) in [5.41, 5.74) is 11.6. The van der Waals surface area contributed by atoms with Crippen molar-refractivity contribution >= 4 is 17.4 Å². The summed E-state index contributed by atoms with van der Waals surface area (Å²) in [6, 6.07) is 11.9. The van der Waals surface area contributed by atoms with Gasteiger partial charge in [0.1, 0.15) is 6.61 Å². The van der Waals surface area contributed by atoms with Gasteiger partial charge in [-0.25, -0.2) is 0 Å².